The van der Waals surface area contributed by atoms with Crippen LogP contribution in [0, 0.1) is 0 Å². The summed E-state index contributed by atoms with van der Waals surface area (Å²) in [6.07, 6.45) is 0. The van der Waals surface area contributed by atoms with Gasteiger partial charge in [0.2, 0.25) is 0 Å². The van der Waals surface area contributed by atoms with Crippen molar-refractivity contribution in [2.75, 3.05) is 18.1 Å². The average molecular weight is 137 g/mol. The van der Waals surface area contributed by atoms with Crippen LogP contribution in [0.1, 0.15) is 6.92 Å². The van der Waals surface area contributed by atoms with Crippen molar-refractivity contribution in [2.45, 2.75) is 6.92 Å². The highest BCUT2D eigenvalue weighted by Crippen LogP contribution is 1.87. The summed E-state index contributed by atoms with van der Waals surface area (Å²) in [5.41, 5.74) is 0. The van der Waals surface area contributed by atoms with Crippen LogP contribution in [-0.2, 0) is 0 Å². The van der Waals surface area contributed by atoms with Crippen LogP contribution in [0.2, 0.25) is 0 Å². The monoisotopic (exact) mass is 137 g/mol. The SMILES string of the molecule is CCSNCCS. The first-order chi connectivity index (χ1) is 3.41. The standard InChI is InChI=1S/C4H11NS2/c1-2-7-5-3-4-6/h5-6H,2-4H2,1H3. The van der Waals surface area contributed by atoms with Gasteiger partial charge in [0.1, 0.15) is 0 Å². The van der Waals surface area contributed by atoms with Gasteiger partial charge in [-0.05, 0) is 0 Å². The summed E-state index contributed by atoms with van der Waals surface area (Å²) in [5.74, 6) is 2.06. The Hall–Kier alpha value is 0.660. The van der Waals surface area contributed by atoms with Gasteiger partial charge in [0.25, 0.3) is 0 Å². The zero-order chi connectivity index (χ0) is 5.54. The molecule has 0 aromatic rings. The van der Waals surface area contributed by atoms with Crippen molar-refractivity contribution in [1.29, 1.82) is 0 Å². The summed E-state index contributed by atoms with van der Waals surface area (Å²) in [4.78, 5) is 0. The molecule has 0 aromatic heterocycles. The van der Waals surface area contributed by atoms with Crippen LogP contribution in [0.3, 0.4) is 0 Å². The Morgan fingerprint density at radius 3 is 2.86 bits per heavy atom. The summed E-state index contributed by atoms with van der Waals surface area (Å²) >= 11 is 5.75. The van der Waals surface area contributed by atoms with Crippen LogP contribution < -0.4 is 4.72 Å². The lowest BCUT2D eigenvalue weighted by Gasteiger charge is -1.94. The summed E-state index contributed by atoms with van der Waals surface area (Å²) in [5, 5.41) is 0. The van der Waals surface area contributed by atoms with Crippen LogP contribution in [0.25, 0.3) is 0 Å². The van der Waals surface area contributed by atoms with Gasteiger partial charge in [0.15, 0.2) is 0 Å². The van der Waals surface area contributed by atoms with Gasteiger partial charge in [-0.15, -0.1) is 0 Å². The molecule has 0 unspecified atom stereocenters. The van der Waals surface area contributed by atoms with Gasteiger partial charge in [-0.3, -0.25) is 4.72 Å². The maximum absolute atomic E-state index is 4.02. The zero-order valence-corrected chi connectivity index (χ0v) is 6.19. The summed E-state index contributed by atoms with van der Waals surface area (Å²) in [6, 6.07) is 0. The lowest BCUT2D eigenvalue weighted by atomic mass is 10.8. The van der Waals surface area contributed by atoms with E-state index in [-0.39, 0.29) is 0 Å². The number of nitrogens with one attached hydrogen (secondary N) is 1. The van der Waals surface area contributed by atoms with Crippen LogP contribution in [0.4, 0.5) is 0 Å². The molecule has 0 aliphatic heterocycles. The Morgan fingerprint density at radius 2 is 2.43 bits per heavy atom. The molecular weight excluding hydrogens is 126 g/mol. The van der Waals surface area contributed by atoms with E-state index >= 15 is 0 Å². The predicted molar refractivity (Wildman–Crippen MR) is 40.0 cm³/mol. The molecule has 1 nitrogen and oxygen atoms in total. The lowest BCUT2D eigenvalue weighted by molar-refractivity contribution is 1.05. The van der Waals surface area contributed by atoms with E-state index in [1.807, 2.05) is 0 Å². The van der Waals surface area contributed by atoms with E-state index < -0.39 is 0 Å². The van der Waals surface area contributed by atoms with Gasteiger partial charge in [-0.25, -0.2) is 0 Å². The Morgan fingerprint density at radius 1 is 1.71 bits per heavy atom. The van der Waals surface area contributed by atoms with E-state index in [9.17, 15) is 0 Å². The summed E-state index contributed by atoms with van der Waals surface area (Å²) in [6.45, 7) is 3.12. The average Bonchev–Trinajstić information content (AvgIpc) is 1.69. The molecule has 0 aliphatic rings. The first-order valence-electron chi connectivity index (χ1n) is 2.37. The third-order valence-corrected chi connectivity index (χ3v) is 1.38. The molecule has 3 heteroatoms. The van der Waals surface area contributed by atoms with Crippen molar-refractivity contribution in [1.82, 2.24) is 4.72 Å². The number of hydrogen-bond donors (Lipinski definition) is 2. The van der Waals surface area contributed by atoms with E-state index in [2.05, 4.69) is 24.3 Å². The smallest absolute Gasteiger partial charge is 0.0147 e. The second-order valence-electron chi connectivity index (χ2n) is 1.05. The maximum atomic E-state index is 4.02. The first kappa shape index (κ1) is 7.66. The van der Waals surface area contributed by atoms with Crippen LogP contribution in [-0.4, -0.2) is 18.1 Å². The molecule has 0 rings (SSSR count). The molecule has 0 bridgehead atoms. The molecule has 0 amide bonds. The van der Waals surface area contributed by atoms with E-state index in [4.69, 9.17) is 0 Å². The van der Waals surface area contributed by atoms with Crippen molar-refractivity contribution >= 4 is 24.6 Å². The third kappa shape index (κ3) is 6.66. The molecule has 0 saturated heterocycles. The molecule has 44 valence electrons. The molecule has 0 aliphatic carbocycles. The Balaban J connectivity index is 2.45. The quantitative estimate of drug-likeness (QED) is 0.343. The summed E-state index contributed by atoms with van der Waals surface area (Å²) < 4.78 is 3.12. The number of hydrogen-bond acceptors (Lipinski definition) is 3. The molecule has 0 atom stereocenters. The Kier molecular flexibility index (Phi) is 7.29. The highest BCUT2D eigenvalue weighted by Gasteiger charge is 1.77. The van der Waals surface area contributed by atoms with Crippen molar-refractivity contribution in [2.24, 2.45) is 0 Å². The van der Waals surface area contributed by atoms with Crippen LogP contribution in [0.5, 0.6) is 0 Å². The van der Waals surface area contributed by atoms with Gasteiger partial charge in [0, 0.05) is 18.1 Å². The minimum absolute atomic E-state index is 0.924. The van der Waals surface area contributed by atoms with Gasteiger partial charge in [0.05, 0.1) is 0 Å². The van der Waals surface area contributed by atoms with Gasteiger partial charge >= 0.3 is 0 Å². The fraction of sp³-hybridized carbons (Fsp3) is 1.00. The predicted octanol–water partition coefficient (Wildman–Crippen LogP) is 1.17. The van der Waals surface area contributed by atoms with Gasteiger partial charge < -0.3 is 0 Å². The molecule has 0 heterocycles. The highest BCUT2D eigenvalue weighted by atomic mass is 32.2. The Labute approximate surface area is 54.8 Å². The molecule has 0 saturated carbocycles. The second kappa shape index (κ2) is 6.66. The van der Waals surface area contributed by atoms with E-state index in [1.165, 1.54) is 0 Å². The van der Waals surface area contributed by atoms with Crippen molar-refractivity contribution in [3.05, 3.63) is 0 Å². The number of rotatable bonds is 4. The van der Waals surface area contributed by atoms with Crippen LogP contribution in [0.15, 0.2) is 0 Å². The fourth-order valence-corrected chi connectivity index (χ4v) is 0.933. The Bertz CT molecular complexity index is 28.9. The fourth-order valence-electron chi connectivity index (χ4n) is 0.220. The first-order valence-corrected chi connectivity index (χ1v) is 3.99. The topological polar surface area (TPSA) is 12.0 Å². The zero-order valence-electron chi connectivity index (χ0n) is 4.48. The lowest BCUT2D eigenvalue weighted by Crippen LogP contribution is -2.06. The largest absolute Gasteiger partial charge is 0.263 e. The van der Waals surface area contributed by atoms with Crippen molar-refractivity contribution in [3.8, 4) is 0 Å². The molecule has 0 spiro atoms. The third-order valence-electron chi connectivity index (χ3n) is 0.460. The van der Waals surface area contributed by atoms with E-state index in [0.29, 0.717) is 0 Å². The van der Waals surface area contributed by atoms with E-state index in [0.717, 1.165) is 18.1 Å². The molecule has 7 heavy (non-hydrogen) atoms. The van der Waals surface area contributed by atoms with Gasteiger partial charge in [-0.2, -0.15) is 12.6 Å². The number of thiol groups is 1. The van der Waals surface area contributed by atoms with Crippen LogP contribution >= 0.6 is 24.6 Å². The second-order valence-corrected chi connectivity index (χ2v) is 2.65. The van der Waals surface area contributed by atoms with Crippen molar-refractivity contribution < 1.29 is 0 Å². The minimum atomic E-state index is 0.924. The van der Waals surface area contributed by atoms with Gasteiger partial charge in [-0.1, -0.05) is 18.9 Å². The van der Waals surface area contributed by atoms with Crippen molar-refractivity contribution in [3.63, 3.8) is 0 Å². The summed E-state index contributed by atoms with van der Waals surface area (Å²) in [7, 11) is 0. The molecule has 0 aromatic carbocycles. The normalized spacial score (nSPS) is 9.43. The molecular formula is C4H11NS2. The molecule has 0 fully saturated rings. The molecule has 1 N–H and O–H groups in total. The maximum Gasteiger partial charge on any atom is 0.0147 e. The molecule has 0 radical (unpaired) electrons. The minimum Gasteiger partial charge on any atom is -0.263 e. The van der Waals surface area contributed by atoms with E-state index in [1.54, 1.807) is 11.9 Å². The highest BCUT2D eigenvalue weighted by molar-refractivity contribution is 7.97.